The van der Waals surface area contributed by atoms with E-state index in [-0.39, 0.29) is 5.91 Å². The molecular formula is C15H24N4O. The van der Waals surface area contributed by atoms with Crippen LogP contribution in [0.3, 0.4) is 0 Å². The van der Waals surface area contributed by atoms with E-state index in [0.29, 0.717) is 6.04 Å². The van der Waals surface area contributed by atoms with Crippen LogP contribution >= 0.6 is 0 Å². The maximum absolute atomic E-state index is 12.6. The van der Waals surface area contributed by atoms with Gasteiger partial charge in [-0.1, -0.05) is 6.42 Å². The number of likely N-dealkylation sites (tertiary alicyclic amines) is 2. The molecule has 1 unspecified atom stereocenters. The monoisotopic (exact) mass is 276 g/mol. The molecular weight excluding hydrogens is 252 g/mol. The van der Waals surface area contributed by atoms with Crippen molar-refractivity contribution in [3.05, 3.63) is 17.7 Å². The Morgan fingerprint density at radius 3 is 2.65 bits per heavy atom. The fourth-order valence-corrected chi connectivity index (χ4v) is 3.51. The molecule has 0 saturated carbocycles. The first-order valence-corrected chi connectivity index (χ1v) is 7.68. The summed E-state index contributed by atoms with van der Waals surface area (Å²) in [4.78, 5) is 21.4. The second-order valence-electron chi connectivity index (χ2n) is 6.08. The Hall–Kier alpha value is -1.36. The average molecular weight is 276 g/mol. The lowest BCUT2D eigenvalue weighted by Crippen LogP contribution is -2.41. The van der Waals surface area contributed by atoms with Crippen molar-refractivity contribution in [2.45, 2.75) is 38.6 Å². The SMILES string of the molecule is Cc1ncn(C)c1C(=O)N1CCC(N2CCCCC2)C1. The molecule has 1 atom stereocenters. The summed E-state index contributed by atoms with van der Waals surface area (Å²) in [5.41, 5.74) is 1.57. The van der Waals surface area contributed by atoms with Crippen molar-refractivity contribution in [3.63, 3.8) is 0 Å². The normalized spacial score (nSPS) is 24.3. The van der Waals surface area contributed by atoms with Crippen LogP contribution in [0.2, 0.25) is 0 Å². The summed E-state index contributed by atoms with van der Waals surface area (Å²) in [6, 6.07) is 0.563. The summed E-state index contributed by atoms with van der Waals surface area (Å²) in [5.74, 6) is 0.141. The van der Waals surface area contributed by atoms with Gasteiger partial charge in [-0.15, -0.1) is 0 Å². The van der Waals surface area contributed by atoms with E-state index in [4.69, 9.17) is 0 Å². The number of imidazole rings is 1. The maximum Gasteiger partial charge on any atom is 0.272 e. The molecule has 0 bridgehead atoms. The Morgan fingerprint density at radius 1 is 1.25 bits per heavy atom. The zero-order chi connectivity index (χ0) is 14.1. The van der Waals surface area contributed by atoms with Crippen LogP contribution in [0.5, 0.6) is 0 Å². The molecule has 0 spiro atoms. The van der Waals surface area contributed by atoms with Crippen molar-refractivity contribution < 1.29 is 4.79 Å². The van der Waals surface area contributed by atoms with E-state index in [0.717, 1.165) is 30.9 Å². The summed E-state index contributed by atoms with van der Waals surface area (Å²) < 4.78 is 1.84. The molecule has 5 heteroatoms. The predicted molar refractivity (Wildman–Crippen MR) is 77.7 cm³/mol. The Labute approximate surface area is 120 Å². The van der Waals surface area contributed by atoms with Gasteiger partial charge in [0.15, 0.2) is 0 Å². The second kappa shape index (κ2) is 5.56. The van der Waals surface area contributed by atoms with Crippen LogP contribution in [0.25, 0.3) is 0 Å². The van der Waals surface area contributed by atoms with E-state index < -0.39 is 0 Å². The molecule has 0 aliphatic carbocycles. The third-order valence-electron chi connectivity index (χ3n) is 4.68. The molecule has 1 amide bonds. The van der Waals surface area contributed by atoms with Gasteiger partial charge in [-0.25, -0.2) is 4.98 Å². The third kappa shape index (κ3) is 2.46. The van der Waals surface area contributed by atoms with Crippen LogP contribution in [0, 0.1) is 6.92 Å². The lowest BCUT2D eigenvalue weighted by Gasteiger charge is -2.32. The largest absolute Gasteiger partial charge is 0.336 e. The minimum absolute atomic E-state index is 0.141. The van der Waals surface area contributed by atoms with Crippen molar-refractivity contribution in [2.75, 3.05) is 26.2 Å². The van der Waals surface area contributed by atoms with Crippen molar-refractivity contribution in [3.8, 4) is 0 Å². The molecule has 0 N–H and O–H groups in total. The molecule has 20 heavy (non-hydrogen) atoms. The fourth-order valence-electron chi connectivity index (χ4n) is 3.51. The number of carbonyl (C=O) groups is 1. The van der Waals surface area contributed by atoms with Crippen molar-refractivity contribution in [1.82, 2.24) is 19.4 Å². The van der Waals surface area contributed by atoms with Gasteiger partial charge in [0, 0.05) is 26.2 Å². The van der Waals surface area contributed by atoms with Crippen molar-refractivity contribution >= 4 is 5.91 Å². The van der Waals surface area contributed by atoms with Gasteiger partial charge in [0.1, 0.15) is 5.69 Å². The lowest BCUT2D eigenvalue weighted by atomic mass is 10.1. The fraction of sp³-hybridized carbons (Fsp3) is 0.733. The van der Waals surface area contributed by atoms with E-state index in [9.17, 15) is 4.79 Å². The molecule has 2 saturated heterocycles. The molecule has 0 aromatic carbocycles. The number of aromatic nitrogens is 2. The van der Waals surface area contributed by atoms with Crippen molar-refractivity contribution in [1.29, 1.82) is 0 Å². The summed E-state index contributed by atoms with van der Waals surface area (Å²) in [6.07, 6.45) is 6.82. The lowest BCUT2D eigenvalue weighted by molar-refractivity contribution is 0.0761. The first kappa shape index (κ1) is 13.6. The summed E-state index contributed by atoms with van der Waals surface area (Å²) in [7, 11) is 1.89. The predicted octanol–water partition coefficient (Wildman–Crippen LogP) is 1.43. The first-order valence-electron chi connectivity index (χ1n) is 7.68. The van der Waals surface area contributed by atoms with Gasteiger partial charge < -0.3 is 9.47 Å². The Balaban J connectivity index is 1.66. The molecule has 2 fully saturated rings. The van der Waals surface area contributed by atoms with Gasteiger partial charge in [0.05, 0.1) is 12.0 Å². The molecule has 2 aliphatic rings. The molecule has 3 rings (SSSR count). The van der Waals surface area contributed by atoms with Crippen LogP contribution < -0.4 is 0 Å². The molecule has 1 aromatic rings. The number of hydrogen-bond donors (Lipinski definition) is 0. The molecule has 0 radical (unpaired) electrons. The number of hydrogen-bond acceptors (Lipinski definition) is 3. The van der Waals surface area contributed by atoms with E-state index >= 15 is 0 Å². The number of amides is 1. The van der Waals surface area contributed by atoms with Crippen LogP contribution in [-0.4, -0.2) is 57.5 Å². The zero-order valence-electron chi connectivity index (χ0n) is 12.5. The van der Waals surface area contributed by atoms with Crippen LogP contribution in [0.1, 0.15) is 41.9 Å². The quantitative estimate of drug-likeness (QED) is 0.820. The van der Waals surface area contributed by atoms with Gasteiger partial charge in [0.2, 0.25) is 0 Å². The minimum Gasteiger partial charge on any atom is -0.336 e. The molecule has 2 aliphatic heterocycles. The van der Waals surface area contributed by atoms with E-state index in [1.807, 2.05) is 23.4 Å². The maximum atomic E-state index is 12.6. The Bertz CT molecular complexity index is 471. The van der Waals surface area contributed by atoms with Crippen LogP contribution in [0.4, 0.5) is 0 Å². The second-order valence-corrected chi connectivity index (χ2v) is 6.08. The highest BCUT2D eigenvalue weighted by atomic mass is 16.2. The van der Waals surface area contributed by atoms with Gasteiger partial charge in [-0.3, -0.25) is 9.69 Å². The first-order chi connectivity index (χ1) is 9.66. The highest BCUT2D eigenvalue weighted by Gasteiger charge is 2.32. The summed E-state index contributed by atoms with van der Waals surface area (Å²) >= 11 is 0. The molecule has 110 valence electrons. The molecule has 1 aromatic heterocycles. The zero-order valence-corrected chi connectivity index (χ0v) is 12.5. The van der Waals surface area contributed by atoms with E-state index in [2.05, 4.69) is 9.88 Å². The van der Waals surface area contributed by atoms with E-state index in [1.54, 1.807) is 6.33 Å². The molecule has 5 nitrogen and oxygen atoms in total. The number of nitrogens with zero attached hydrogens (tertiary/aromatic N) is 4. The number of piperidine rings is 1. The standard InChI is InChI=1S/C15H24N4O/c1-12-14(17(2)11-16-12)15(20)19-9-6-13(10-19)18-7-4-3-5-8-18/h11,13H,3-10H2,1-2H3. The minimum atomic E-state index is 0.141. The van der Waals surface area contributed by atoms with Gasteiger partial charge in [-0.05, 0) is 39.3 Å². The smallest absolute Gasteiger partial charge is 0.272 e. The third-order valence-corrected chi connectivity index (χ3v) is 4.68. The Morgan fingerprint density at radius 2 is 2.00 bits per heavy atom. The average Bonchev–Trinajstić information content (AvgIpc) is 3.07. The van der Waals surface area contributed by atoms with E-state index in [1.165, 1.54) is 32.4 Å². The van der Waals surface area contributed by atoms with Gasteiger partial charge >= 0.3 is 0 Å². The van der Waals surface area contributed by atoms with Gasteiger partial charge in [0.25, 0.3) is 5.91 Å². The highest BCUT2D eigenvalue weighted by molar-refractivity contribution is 5.93. The molecule has 3 heterocycles. The summed E-state index contributed by atoms with van der Waals surface area (Å²) in [6.45, 7) is 6.08. The summed E-state index contributed by atoms with van der Waals surface area (Å²) in [5, 5.41) is 0. The number of rotatable bonds is 2. The van der Waals surface area contributed by atoms with Crippen molar-refractivity contribution in [2.24, 2.45) is 7.05 Å². The van der Waals surface area contributed by atoms with Gasteiger partial charge in [-0.2, -0.15) is 0 Å². The highest BCUT2D eigenvalue weighted by Crippen LogP contribution is 2.22. The van der Waals surface area contributed by atoms with Crippen LogP contribution in [0.15, 0.2) is 6.33 Å². The van der Waals surface area contributed by atoms with Crippen LogP contribution in [-0.2, 0) is 7.05 Å². The number of carbonyl (C=O) groups excluding carboxylic acids is 1. The Kier molecular flexibility index (Phi) is 3.78. The number of aryl methyl sites for hydroxylation is 2. The topological polar surface area (TPSA) is 41.4 Å².